The van der Waals surface area contributed by atoms with Crippen molar-refractivity contribution < 1.29 is 9.53 Å². The number of likely N-dealkylation sites (N-methyl/N-ethyl adjacent to an activating group) is 1. The molecular formula is C15H21NO2. The van der Waals surface area contributed by atoms with Crippen LogP contribution >= 0.6 is 0 Å². The minimum Gasteiger partial charge on any atom is -0.377 e. The maximum atomic E-state index is 12.2. The van der Waals surface area contributed by atoms with Gasteiger partial charge in [0.2, 0.25) is 0 Å². The van der Waals surface area contributed by atoms with Gasteiger partial charge in [-0.15, -0.1) is 0 Å². The molecule has 0 aliphatic carbocycles. The number of aryl methyl sites for hydroxylation is 1. The van der Waals surface area contributed by atoms with Crippen LogP contribution in [0.4, 0.5) is 0 Å². The van der Waals surface area contributed by atoms with Gasteiger partial charge in [-0.05, 0) is 32.4 Å². The standard InChI is InChI=1S/C15H21NO2/c1-12-6-3-4-8-14(12)15(17)11-16(2)10-13-7-5-9-18-13/h3-4,6,8,13H,5,7,9-11H2,1-2H3. The van der Waals surface area contributed by atoms with Gasteiger partial charge in [0.1, 0.15) is 0 Å². The van der Waals surface area contributed by atoms with Crippen molar-refractivity contribution in [2.24, 2.45) is 0 Å². The van der Waals surface area contributed by atoms with Crippen LogP contribution in [0, 0.1) is 6.92 Å². The zero-order valence-electron chi connectivity index (χ0n) is 11.2. The van der Waals surface area contributed by atoms with Crippen LogP contribution in [-0.2, 0) is 4.74 Å². The molecular weight excluding hydrogens is 226 g/mol. The van der Waals surface area contributed by atoms with Gasteiger partial charge in [-0.3, -0.25) is 9.69 Å². The lowest BCUT2D eigenvalue weighted by Crippen LogP contribution is -2.33. The fourth-order valence-electron chi connectivity index (χ4n) is 2.42. The first-order chi connectivity index (χ1) is 8.66. The molecule has 0 amide bonds. The Kier molecular flexibility index (Phi) is 4.50. The fourth-order valence-corrected chi connectivity index (χ4v) is 2.42. The molecule has 1 aliphatic heterocycles. The van der Waals surface area contributed by atoms with Crippen molar-refractivity contribution >= 4 is 5.78 Å². The number of Topliss-reactive ketones (excluding diaryl/α,β-unsaturated/α-hetero) is 1. The highest BCUT2D eigenvalue weighted by molar-refractivity contribution is 5.98. The second kappa shape index (κ2) is 6.12. The van der Waals surface area contributed by atoms with Crippen LogP contribution in [0.2, 0.25) is 0 Å². The predicted molar refractivity (Wildman–Crippen MR) is 72.0 cm³/mol. The zero-order chi connectivity index (χ0) is 13.0. The Morgan fingerprint density at radius 2 is 2.22 bits per heavy atom. The summed E-state index contributed by atoms with van der Waals surface area (Å²) >= 11 is 0. The first-order valence-electron chi connectivity index (χ1n) is 6.56. The summed E-state index contributed by atoms with van der Waals surface area (Å²) in [5.41, 5.74) is 1.88. The molecule has 1 aromatic carbocycles. The monoisotopic (exact) mass is 247 g/mol. The Morgan fingerprint density at radius 1 is 1.44 bits per heavy atom. The van der Waals surface area contributed by atoms with E-state index in [2.05, 4.69) is 4.90 Å². The summed E-state index contributed by atoms with van der Waals surface area (Å²) in [5, 5.41) is 0. The molecule has 1 unspecified atom stereocenters. The molecule has 0 N–H and O–H groups in total. The van der Waals surface area contributed by atoms with E-state index in [-0.39, 0.29) is 5.78 Å². The van der Waals surface area contributed by atoms with E-state index in [1.165, 1.54) is 0 Å². The van der Waals surface area contributed by atoms with Gasteiger partial charge in [-0.1, -0.05) is 24.3 Å². The summed E-state index contributed by atoms with van der Waals surface area (Å²) in [4.78, 5) is 14.2. The molecule has 0 radical (unpaired) electrons. The molecule has 3 nitrogen and oxygen atoms in total. The van der Waals surface area contributed by atoms with Crippen LogP contribution in [0.25, 0.3) is 0 Å². The third-order valence-corrected chi connectivity index (χ3v) is 3.40. The highest BCUT2D eigenvalue weighted by Crippen LogP contribution is 2.13. The minimum absolute atomic E-state index is 0.189. The maximum Gasteiger partial charge on any atom is 0.177 e. The average molecular weight is 247 g/mol. The van der Waals surface area contributed by atoms with Crippen molar-refractivity contribution in [1.82, 2.24) is 4.90 Å². The molecule has 18 heavy (non-hydrogen) atoms. The molecule has 2 rings (SSSR count). The first-order valence-corrected chi connectivity index (χ1v) is 6.56. The molecule has 1 fully saturated rings. The van der Waals surface area contributed by atoms with Gasteiger partial charge in [0.25, 0.3) is 0 Å². The molecule has 1 aromatic rings. The van der Waals surface area contributed by atoms with Crippen molar-refractivity contribution in [3.63, 3.8) is 0 Å². The van der Waals surface area contributed by atoms with Crippen LogP contribution in [0.3, 0.4) is 0 Å². The van der Waals surface area contributed by atoms with E-state index in [1.54, 1.807) is 0 Å². The lowest BCUT2D eigenvalue weighted by molar-refractivity contribution is 0.0740. The molecule has 1 saturated heterocycles. The summed E-state index contributed by atoms with van der Waals surface area (Å²) in [5.74, 6) is 0.189. The number of ketones is 1. The molecule has 1 heterocycles. The molecule has 98 valence electrons. The van der Waals surface area contributed by atoms with Gasteiger partial charge in [-0.25, -0.2) is 0 Å². The smallest absolute Gasteiger partial charge is 0.177 e. The number of ether oxygens (including phenoxy) is 1. The Morgan fingerprint density at radius 3 is 2.89 bits per heavy atom. The Bertz CT molecular complexity index is 411. The van der Waals surface area contributed by atoms with Gasteiger partial charge < -0.3 is 4.74 Å². The van der Waals surface area contributed by atoms with Crippen molar-refractivity contribution in [1.29, 1.82) is 0 Å². The summed E-state index contributed by atoms with van der Waals surface area (Å²) in [6.45, 7) is 4.15. The summed E-state index contributed by atoms with van der Waals surface area (Å²) in [6, 6.07) is 7.76. The van der Waals surface area contributed by atoms with Crippen molar-refractivity contribution in [2.45, 2.75) is 25.9 Å². The topological polar surface area (TPSA) is 29.5 Å². The zero-order valence-corrected chi connectivity index (χ0v) is 11.2. The molecule has 1 atom stereocenters. The largest absolute Gasteiger partial charge is 0.377 e. The molecule has 1 aliphatic rings. The number of carbonyl (C=O) groups is 1. The van der Waals surface area contributed by atoms with Gasteiger partial charge in [0, 0.05) is 18.7 Å². The highest BCUT2D eigenvalue weighted by Gasteiger charge is 2.19. The van der Waals surface area contributed by atoms with Crippen LogP contribution < -0.4 is 0 Å². The molecule has 0 aromatic heterocycles. The minimum atomic E-state index is 0.189. The van der Waals surface area contributed by atoms with E-state index in [9.17, 15) is 4.79 Å². The molecule has 3 heteroatoms. The van der Waals surface area contributed by atoms with Gasteiger partial charge in [0.05, 0.1) is 12.6 Å². The van der Waals surface area contributed by atoms with E-state index in [0.29, 0.717) is 12.6 Å². The Hall–Kier alpha value is -1.19. The van der Waals surface area contributed by atoms with E-state index < -0.39 is 0 Å². The summed E-state index contributed by atoms with van der Waals surface area (Å²) < 4.78 is 5.58. The van der Waals surface area contributed by atoms with E-state index in [1.807, 2.05) is 38.2 Å². The number of hydrogen-bond acceptors (Lipinski definition) is 3. The lowest BCUT2D eigenvalue weighted by atomic mass is 10.0. The summed E-state index contributed by atoms with van der Waals surface area (Å²) in [6.07, 6.45) is 2.56. The van der Waals surface area contributed by atoms with Gasteiger partial charge in [0.15, 0.2) is 5.78 Å². The fraction of sp³-hybridized carbons (Fsp3) is 0.533. The third-order valence-electron chi connectivity index (χ3n) is 3.40. The number of carbonyl (C=O) groups excluding carboxylic acids is 1. The number of benzene rings is 1. The maximum absolute atomic E-state index is 12.2. The Labute approximate surface area is 109 Å². The van der Waals surface area contributed by atoms with Crippen LogP contribution in [0.1, 0.15) is 28.8 Å². The highest BCUT2D eigenvalue weighted by atomic mass is 16.5. The number of rotatable bonds is 5. The predicted octanol–water partition coefficient (Wildman–Crippen LogP) is 2.29. The average Bonchev–Trinajstić information content (AvgIpc) is 2.82. The third kappa shape index (κ3) is 3.40. The van der Waals surface area contributed by atoms with Crippen LogP contribution in [-0.4, -0.2) is 43.5 Å². The van der Waals surface area contributed by atoms with E-state index in [4.69, 9.17) is 4.74 Å². The first kappa shape index (κ1) is 13.2. The van der Waals surface area contributed by atoms with Crippen molar-refractivity contribution in [2.75, 3.05) is 26.7 Å². The SMILES string of the molecule is Cc1ccccc1C(=O)CN(C)CC1CCCO1. The van der Waals surface area contributed by atoms with Crippen LogP contribution in [0.15, 0.2) is 24.3 Å². The van der Waals surface area contributed by atoms with Gasteiger partial charge >= 0.3 is 0 Å². The summed E-state index contributed by atoms with van der Waals surface area (Å²) in [7, 11) is 1.98. The van der Waals surface area contributed by atoms with Gasteiger partial charge in [-0.2, -0.15) is 0 Å². The van der Waals surface area contributed by atoms with Crippen molar-refractivity contribution in [3.05, 3.63) is 35.4 Å². The normalized spacial score (nSPS) is 19.4. The second-order valence-electron chi connectivity index (χ2n) is 5.07. The quantitative estimate of drug-likeness (QED) is 0.748. The molecule has 0 spiro atoms. The Balaban J connectivity index is 1.88. The van der Waals surface area contributed by atoms with E-state index in [0.717, 1.165) is 37.1 Å². The molecule has 0 saturated carbocycles. The number of nitrogens with zero attached hydrogens (tertiary/aromatic N) is 1. The van der Waals surface area contributed by atoms with Crippen molar-refractivity contribution in [3.8, 4) is 0 Å². The number of hydrogen-bond donors (Lipinski definition) is 0. The molecule has 0 bridgehead atoms. The lowest BCUT2D eigenvalue weighted by Gasteiger charge is -2.20. The van der Waals surface area contributed by atoms with E-state index >= 15 is 0 Å². The van der Waals surface area contributed by atoms with Crippen LogP contribution in [0.5, 0.6) is 0 Å². The second-order valence-corrected chi connectivity index (χ2v) is 5.07.